The number of nitrogens with zero attached hydrogens (tertiary/aromatic N) is 2. The van der Waals surface area contributed by atoms with Crippen molar-refractivity contribution in [3.63, 3.8) is 0 Å². The molecule has 0 saturated heterocycles. The molecule has 17 heteroatoms. The number of benzene rings is 1. The van der Waals surface area contributed by atoms with Crippen LogP contribution in [-0.2, 0) is 4.79 Å². The van der Waals surface area contributed by atoms with E-state index < -0.39 is 73.6 Å². The number of rotatable bonds is 8. The first kappa shape index (κ1) is 23.2. The Balaban J connectivity index is 3.52. The Bertz CT molecular complexity index is 780. The summed E-state index contributed by atoms with van der Waals surface area (Å²) in [5, 5.41) is 24.4. The van der Waals surface area contributed by atoms with Crippen LogP contribution >= 0.6 is 11.8 Å². The molecule has 0 amide bonds. The van der Waals surface area contributed by atoms with Crippen molar-refractivity contribution in [2.24, 2.45) is 0 Å². The van der Waals surface area contributed by atoms with Crippen molar-refractivity contribution in [1.29, 1.82) is 0 Å². The second-order valence-electron chi connectivity index (χ2n) is 4.68. The van der Waals surface area contributed by atoms with Crippen LogP contribution in [-0.4, -0.2) is 44.9 Å². The van der Waals surface area contributed by atoms with Crippen molar-refractivity contribution >= 4 is 29.1 Å². The van der Waals surface area contributed by atoms with E-state index in [1.54, 1.807) is 0 Å². The molecule has 1 rings (SSSR count). The van der Waals surface area contributed by atoms with Gasteiger partial charge in [-0.2, -0.15) is 30.7 Å². The molecule has 1 aromatic rings. The SMILES string of the molecule is O=C(O)COc1c([N+](=O)[O-])cc(SC(F)(F)C(F)(F)C(F)(F)F)cc1[N+](=O)[O-]. The summed E-state index contributed by atoms with van der Waals surface area (Å²) in [5.41, 5.74) is -2.99. The van der Waals surface area contributed by atoms with Crippen LogP contribution in [0.3, 0.4) is 0 Å². The molecule has 9 nitrogen and oxygen atoms in total. The van der Waals surface area contributed by atoms with Crippen molar-refractivity contribution in [3.05, 3.63) is 32.4 Å². The maximum Gasteiger partial charge on any atom is 0.460 e. The molecular formula is C11H5F7N2O7S. The Morgan fingerprint density at radius 1 is 1.04 bits per heavy atom. The van der Waals surface area contributed by atoms with Gasteiger partial charge in [-0.3, -0.25) is 20.2 Å². The first-order valence-corrected chi connectivity index (χ1v) is 7.15. The van der Waals surface area contributed by atoms with E-state index in [9.17, 15) is 55.8 Å². The average molecular weight is 442 g/mol. The Morgan fingerprint density at radius 3 is 1.79 bits per heavy atom. The molecule has 28 heavy (non-hydrogen) atoms. The lowest BCUT2D eigenvalue weighted by Crippen LogP contribution is -2.49. The van der Waals surface area contributed by atoms with Gasteiger partial charge in [0.05, 0.1) is 9.85 Å². The molecule has 156 valence electrons. The smallest absolute Gasteiger partial charge is 0.460 e. The van der Waals surface area contributed by atoms with Gasteiger partial charge in [0.1, 0.15) is 0 Å². The lowest BCUT2D eigenvalue weighted by atomic mass is 10.2. The average Bonchev–Trinajstić information content (AvgIpc) is 2.50. The molecule has 0 unspecified atom stereocenters. The third-order valence-corrected chi connectivity index (χ3v) is 3.71. The van der Waals surface area contributed by atoms with E-state index in [2.05, 4.69) is 4.74 Å². The highest BCUT2D eigenvalue weighted by Crippen LogP contribution is 2.55. The van der Waals surface area contributed by atoms with Crippen molar-refractivity contribution in [2.75, 3.05) is 6.61 Å². The molecule has 1 aromatic carbocycles. The summed E-state index contributed by atoms with van der Waals surface area (Å²) >= 11 is -1.51. The molecule has 0 aliphatic rings. The van der Waals surface area contributed by atoms with Crippen molar-refractivity contribution < 1.29 is 55.2 Å². The van der Waals surface area contributed by atoms with Crippen LogP contribution in [0.5, 0.6) is 5.75 Å². The number of hydrogen-bond acceptors (Lipinski definition) is 7. The second kappa shape index (κ2) is 7.64. The van der Waals surface area contributed by atoms with E-state index >= 15 is 0 Å². The van der Waals surface area contributed by atoms with E-state index in [1.807, 2.05) is 0 Å². The van der Waals surface area contributed by atoms with Gasteiger partial charge in [0.15, 0.2) is 6.61 Å². The molecule has 0 fully saturated rings. The maximum absolute atomic E-state index is 13.4. The van der Waals surface area contributed by atoms with Crippen LogP contribution in [0.2, 0.25) is 0 Å². The van der Waals surface area contributed by atoms with E-state index in [1.165, 1.54) is 0 Å². The number of alkyl halides is 7. The minimum absolute atomic E-state index is 0.00914. The van der Waals surface area contributed by atoms with Gasteiger partial charge in [0.25, 0.3) is 5.75 Å². The summed E-state index contributed by atoms with van der Waals surface area (Å²) in [6.07, 6.45) is -6.69. The van der Waals surface area contributed by atoms with Crippen LogP contribution in [0.4, 0.5) is 42.1 Å². The maximum atomic E-state index is 13.4. The molecule has 1 N–H and O–H groups in total. The number of halogens is 7. The molecule has 0 bridgehead atoms. The minimum Gasteiger partial charge on any atom is -0.479 e. The number of carboxylic acids is 1. The Morgan fingerprint density at radius 2 is 1.46 bits per heavy atom. The third-order valence-electron chi connectivity index (χ3n) is 2.72. The number of ether oxygens (including phenoxy) is 1. The monoisotopic (exact) mass is 442 g/mol. The predicted octanol–water partition coefficient (Wildman–Crippen LogP) is 3.85. The Kier molecular flexibility index (Phi) is 6.33. The lowest BCUT2D eigenvalue weighted by Gasteiger charge is -2.27. The first-order valence-electron chi connectivity index (χ1n) is 6.34. The van der Waals surface area contributed by atoms with Gasteiger partial charge in [-0.15, -0.1) is 0 Å². The lowest BCUT2D eigenvalue weighted by molar-refractivity contribution is -0.396. The molecule has 0 heterocycles. The molecule has 0 saturated carbocycles. The number of hydrogen-bond donors (Lipinski definition) is 1. The number of carbonyl (C=O) groups is 1. The van der Waals surface area contributed by atoms with Gasteiger partial charge in [-0.05, 0) is 11.8 Å². The van der Waals surface area contributed by atoms with Gasteiger partial charge in [0.2, 0.25) is 0 Å². The van der Waals surface area contributed by atoms with Crippen LogP contribution in [0.25, 0.3) is 0 Å². The van der Waals surface area contributed by atoms with Crippen LogP contribution in [0.15, 0.2) is 17.0 Å². The highest BCUT2D eigenvalue weighted by Gasteiger charge is 2.73. The van der Waals surface area contributed by atoms with Crippen molar-refractivity contribution in [1.82, 2.24) is 0 Å². The van der Waals surface area contributed by atoms with Gasteiger partial charge >= 0.3 is 34.7 Å². The molecular weight excluding hydrogens is 437 g/mol. The fourth-order valence-corrected chi connectivity index (χ4v) is 2.44. The van der Waals surface area contributed by atoms with E-state index in [4.69, 9.17) is 5.11 Å². The van der Waals surface area contributed by atoms with Gasteiger partial charge < -0.3 is 9.84 Å². The summed E-state index contributed by atoms with van der Waals surface area (Å²) in [5.74, 6) is -9.63. The minimum atomic E-state index is -6.69. The van der Waals surface area contributed by atoms with E-state index in [-0.39, 0.29) is 12.1 Å². The topological polar surface area (TPSA) is 133 Å². The number of thioether (sulfide) groups is 1. The van der Waals surface area contributed by atoms with Crippen LogP contribution < -0.4 is 4.74 Å². The summed E-state index contributed by atoms with van der Waals surface area (Å²) in [6.45, 7) is -1.34. The molecule has 0 aromatic heterocycles. The van der Waals surface area contributed by atoms with Crippen LogP contribution in [0, 0.1) is 20.2 Å². The Labute approximate surface area is 152 Å². The molecule has 0 spiro atoms. The number of aliphatic carboxylic acids is 1. The quantitative estimate of drug-likeness (QED) is 0.278. The standard InChI is InChI=1S/C11H5F7N2O7S/c12-9(13,10(14,15)16)11(17,18)28-4-1-5(19(23)24)8(27-3-7(21)22)6(2-4)20(25)26/h1-2H,3H2,(H,21,22). The highest BCUT2D eigenvalue weighted by atomic mass is 32.2. The Hall–Kier alpha value is -2.85. The number of nitro benzene ring substituents is 2. The zero-order valence-electron chi connectivity index (χ0n) is 12.7. The molecule has 0 aliphatic heterocycles. The fraction of sp³-hybridized carbons (Fsp3) is 0.364. The van der Waals surface area contributed by atoms with Crippen molar-refractivity contribution in [2.45, 2.75) is 22.2 Å². The summed E-state index contributed by atoms with van der Waals surface area (Å²) < 4.78 is 93.6. The zero-order chi connectivity index (χ0) is 22.1. The fourth-order valence-electron chi connectivity index (χ4n) is 1.56. The molecule has 0 aliphatic carbocycles. The van der Waals surface area contributed by atoms with Gasteiger partial charge in [-0.1, -0.05) is 0 Å². The largest absolute Gasteiger partial charge is 0.479 e. The summed E-state index contributed by atoms with van der Waals surface area (Å²) in [7, 11) is 0. The second-order valence-corrected chi connectivity index (χ2v) is 5.87. The number of carboxylic acid groups (broad SMARTS) is 1. The predicted molar refractivity (Wildman–Crippen MR) is 74.7 cm³/mol. The number of nitro groups is 2. The third kappa shape index (κ3) is 4.70. The van der Waals surface area contributed by atoms with Gasteiger partial charge in [-0.25, -0.2) is 4.79 Å². The van der Waals surface area contributed by atoms with E-state index in [0.717, 1.165) is 0 Å². The molecule has 0 radical (unpaired) electrons. The normalized spacial score (nSPS) is 12.5. The van der Waals surface area contributed by atoms with Crippen LogP contribution in [0.1, 0.15) is 0 Å². The summed E-state index contributed by atoms with van der Waals surface area (Å²) in [4.78, 5) is 28.0. The highest BCUT2D eigenvalue weighted by molar-refractivity contribution is 8.00. The van der Waals surface area contributed by atoms with E-state index in [0.29, 0.717) is 0 Å². The zero-order valence-corrected chi connectivity index (χ0v) is 13.5. The summed E-state index contributed by atoms with van der Waals surface area (Å²) in [6, 6.07) is 0.0183. The van der Waals surface area contributed by atoms with Gasteiger partial charge in [0, 0.05) is 17.0 Å². The van der Waals surface area contributed by atoms with Crippen molar-refractivity contribution in [3.8, 4) is 5.75 Å². The first-order chi connectivity index (χ1) is 12.5. The molecule has 0 atom stereocenters.